The van der Waals surface area contributed by atoms with Gasteiger partial charge in [0.15, 0.2) is 0 Å². The topological polar surface area (TPSA) is 102 Å². The number of rotatable bonds is 7. The second-order valence-electron chi connectivity index (χ2n) is 8.24. The number of amides is 3. The number of carbonyl (C=O) groups is 2. The lowest BCUT2D eigenvalue weighted by molar-refractivity contribution is 0.0959. The molecule has 0 radical (unpaired) electrons. The Hall–Kier alpha value is -4.22. The zero-order valence-electron chi connectivity index (χ0n) is 20.7. The fourth-order valence-corrected chi connectivity index (χ4v) is 5.26. The Labute approximate surface area is 228 Å². The molecule has 11 heteroatoms. The van der Waals surface area contributed by atoms with E-state index < -0.39 is 39.0 Å². The number of imide groups is 1. The summed E-state index contributed by atoms with van der Waals surface area (Å²) < 4.78 is 59.2. The summed E-state index contributed by atoms with van der Waals surface area (Å²) in [6.07, 6.45) is 1.91. The Kier molecular flexibility index (Phi) is 8.32. The molecule has 2 N–H and O–H groups in total. The first kappa shape index (κ1) is 27.8. The molecule has 0 aliphatic heterocycles. The molecule has 0 saturated carbocycles. The maximum Gasteiger partial charge on any atom is 0.326 e. The van der Waals surface area contributed by atoms with E-state index in [2.05, 4.69) is 5.32 Å². The molecule has 0 aliphatic rings. The van der Waals surface area contributed by atoms with Crippen LogP contribution in [0.5, 0.6) is 11.5 Å². The van der Waals surface area contributed by atoms with E-state index in [-0.39, 0.29) is 9.79 Å². The number of aryl methyl sites for hydroxylation is 1. The molecule has 3 amide bonds. The minimum Gasteiger partial charge on any atom is -0.457 e. The lowest BCUT2D eigenvalue weighted by Crippen LogP contribution is -2.35. The Morgan fingerprint density at radius 2 is 1.44 bits per heavy atom. The van der Waals surface area contributed by atoms with E-state index in [1.807, 2.05) is 11.6 Å². The SMILES string of the molecule is CSc1ccc(S(=O)(=O)c2ccc(Oc3ccc(NC(=O)NC(=O)c4c(F)cccc4F)cc3C)cc2)cc1. The number of ether oxygens (including phenoxy) is 1. The van der Waals surface area contributed by atoms with Crippen LogP contribution in [0, 0.1) is 18.6 Å². The van der Waals surface area contributed by atoms with Crippen LogP contribution in [0.3, 0.4) is 0 Å². The third-order valence-electron chi connectivity index (χ3n) is 5.58. The number of benzene rings is 4. The minimum absolute atomic E-state index is 0.124. The standard InChI is InChI=1S/C28H22F2N2O5S2/c1-17-16-18(31-28(34)32-27(33)26-23(29)4-3-5-24(26)30)6-15-25(17)37-19-7-11-21(12-8-19)39(35,36)22-13-9-20(38-2)10-14-22/h3-16H,1-2H3,(H2,31,32,33,34). The lowest BCUT2D eigenvalue weighted by atomic mass is 10.2. The quantitative estimate of drug-likeness (QED) is 0.244. The van der Waals surface area contributed by atoms with E-state index >= 15 is 0 Å². The van der Waals surface area contributed by atoms with E-state index in [1.165, 1.54) is 42.1 Å². The molecule has 0 bridgehead atoms. The molecule has 0 atom stereocenters. The highest BCUT2D eigenvalue weighted by Crippen LogP contribution is 2.30. The minimum atomic E-state index is -3.69. The van der Waals surface area contributed by atoms with E-state index in [0.29, 0.717) is 22.7 Å². The molecular formula is C28H22F2N2O5S2. The predicted molar refractivity (Wildman–Crippen MR) is 144 cm³/mol. The van der Waals surface area contributed by atoms with Gasteiger partial charge in [-0.25, -0.2) is 22.0 Å². The van der Waals surface area contributed by atoms with Gasteiger partial charge >= 0.3 is 6.03 Å². The van der Waals surface area contributed by atoms with Gasteiger partial charge in [-0.3, -0.25) is 10.1 Å². The third kappa shape index (κ3) is 6.44. The van der Waals surface area contributed by atoms with Crippen molar-refractivity contribution in [2.45, 2.75) is 21.6 Å². The first-order valence-electron chi connectivity index (χ1n) is 11.4. The molecule has 7 nitrogen and oxygen atoms in total. The van der Waals surface area contributed by atoms with Crippen molar-refractivity contribution in [1.29, 1.82) is 0 Å². The Bertz CT molecular complexity index is 1620. The molecule has 200 valence electrons. The largest absolute Gasteiger partial charge is 0.457 e. The highest BCUT2D eigenvalue weighted by atomic mass is 32.2. The Morgan fingerprint density at radius 3 is 2.00 bits per heavy atom. The maximum absolute atomic E-state index is 13.8. The van der Waals surface area contributed by atoms with Crippen LogP contribution in [-0.2, 0) is 9.84 Å². The van der Waals surface area contributed by atoms with Gasteiger partial charge in [0.1, 0.15) is 28.7 Å². The normalized spacial score (nSPS) is 11.1. The van der Waals surface area contributed by atoms with Crippen LogP contribution >= 0.6 is 11.8 Å². The van der Waals surface area contributed by atoms with Crippen LogP contribution in [0.2, 0.25) is 0 Å². The van der Waals surface area contributed by atoms with Crippen molar-refractivity contribution in [2.75, 3.05) is 11.6 Å². The Morgan fingerprint density at radius 1 is 0.846 bits per heavy atom. The van der Waals surface area contributed by atoms with E-state index in [4.69, 9.17) is 4.74 Å². The third-order valence-corrected chi connectivity index (χ3v) is 8.11. The molecule has 4 rings (SSSR count). The number of halogens is 2. The van der Waals surface area contributed by atoms with E-state index in [1.54, 1.807) is 43.3 Å². The Balaban J connectivity index is 1.40. The van der Waals surface area contributed by atoms with Crippen molar-refractivity contribution in [3.8, 4) is 11.5 Å². The smallest absolute Gasteiger partial charge is 0.326 e. The predicted octanol–water partition coefficient (Wildman–Crippen LogP) is 6.58. The second-order valence-corrected chi connectivity index (χ2v) is 11.1. The summed E-state index contributed by atoms with van der Waals surface area (Å²) in [4.78, 5) is 25.6. The highest BCUT2D eigenvalue weighted by molar-refractivity contribution is 7.98. The average Bonchev–Trinajstić information content (AvgIpc) is 2.90. The fraction of sp³-hybridized carbons (Fsp3) is 0.0714. The van der Waals surface area contributed by atoms with Crippen LogP contribution in [0.4, 0.5) is 19.3 Å². The van der Waals surface area contributed by atoms with Crippen LogP contribution in [0.15, 0.2) is 99.6 Å². The summed E-state index contributed by atoms with van der Waals surface area (Å²) in [5.74, 6) is -2.57. The monoisotopic (exact) mass is 568 g/mol. The molecular weight excluding hydrogens is 546 g/mol. The summed E-state index contributed by atoms with van der Waals surface area (Å²) >= 11 is 1.52. The number of sulfone groups is 1. The number of anilines is 1. The first-order chi connectivity index (χ1) is 18.6. The van der Waals surface area contributed by atoms with Gasteiger partial charge in [-0.1, -0.05) is 6.07 Å². The number of hydrogen-bond donors (Lipinski definition) is 2. The molecule has 0 heterocycles. The number of hydrogen-bond acceptors (Lipinski definition) is 6. The van der Waals surface area contributed by atoms with E-state index in [9.17, 15) is 26.8 Å². The zero-order valence-corrected chi connectivity index (χ0v) is 22.3. The summed E-state index contributed by atoms with van der Waals surface area (Å²) in [6, 6.07) is 19.2. The van der Waals surface area contributed by atoms with Crippen molar-refractivity contribution in [3.63, 3.8) is 0 Å². The van der Waals surface area contributed by atoms with Crippen LogP contribution in [-0.4, -0.2) is 26.6 Å². The molecule has 0 aromatic heterocycles. The fourth-order valence-electron chi connectivity index (χ4n) is 3.59. The lowest BCUT2D eigenvalue weighted by Gasteiger charge is -2.12. The van der Waals surface area contributed by atoms with Crippen molar-refractivity contribution in [3.05, 3.63) is 108 Å². The molecule has 0 spiro atoms. The van der Waals surface area contributed by atoms with Gasteiger partial charge in [-0.15, -0.1) is 11.8 Å². The van der Waals surface area contributed by atoms with Gasteiger partial charge in [0.05, 0.1) is 9.79 Å². The highest BCUT2D eigenvalue weighted by Gasteiger charge is 2.20. The number of nitrogens with one attached hydrogen (secondary N) is 2. The number of carbonyl (C=O) groups excluding carboxylic acids is 2. The molecule has 0 aliphatic carbocycles. The van der Waals surface area contributed by atoms with Gasteiger partial charge in [-0.2, -0.15) is 0 Å². The maximum atomic E-state index is 13.8. The molecule has 0 unspecified atom stereocenters. The molecule has 0 fully saturated rings. The molecule has 4 aromatic carbocycles. The summed E-state index contributed by atoms with van der Waals surface area (Å²) in [7, 11) is -3.69. The number of thioether (sulfide) groups is 1. The van der Waals surface area contributed by atoms with Crippen LogP contribution in [0.1, 0.15) is 15.9 Å². The van der Waals surface area contributed by atoms with E-state index in [0.717, 1.165) is 23.1 Å². The number of urea groups is 1. The summed E-state index contributed by atoms with van der Waals surface area (Å²) in [5.41, 5.74) is 0.0536. The average molecular weight is 569 g/mol. The zero-order chi connectivity index (χ0) is 28.2. The second kappa shape index (κ2) is 11.7. The van der Waals surface area contributed by atoms with Gasteiger partial charge in [-0.05, 0) is 97.6 Å². The molecule has 4 aromatic rings. The molecule has 0 saturated heterocycles. The van der Waals surface area contributed by atoms with Crippen LogP contribution < -0.4 is 15.4 Å². The van der Waals surface area contributed by atoms with Crippen molar-refractivity contribution in [2.24, 2.45) is 0 Å². The summed E-state index contributed by atoms with van der Waals surface area (Å²) in [6.45, 7) is 1.72. The summed E-state index contributed by atoms with van der Waals surface area (Å²) in [5, 5.41) is 4.31. The van der Waals surface area contributed by atoms with Gasteiger partial charge < -0.3 is 10.1 Å². The van der Waals surface area contributed by atoms with Gasteiger partial charge in [0.2, 0.25) is 9.84 Å². The molecule has 39 heavy (non-hydrogen) atoms. The van der Waals surface area contributed by atoms with Crippen molar-refractivity contribution in [1.82, 2.24) is 5.32 Å². The van der Waals surface area contributed by atoms with Crippen molar-refractivity contribution < 1.29 is 31.5 Å². The van der Waals surface area contributed by atoms with Gasteiger partial charge in [0.25, 0.3) is 5.91 Å². The first-order valence-corrected chi connectivity index (χ1v) is 14.1. The van der Waals surface area contributed by atoms with Crippen LogP contribution in [0.25, 0.3) is 0 Å². The van der Waals surface area contributed by atoms with Gasteiger partial charge in [0, 0.05) is 10.6 Å². The van der Waals surface area contributed by atoms with Crippen molar-refractivity contribution >= 4 is 39.2 Å².